The molecule has 0 heterocycles. The van der Waals surface area contributed by atoms with E-state index in [1.807, 2.05) is 31.2 Å². The zero-order chi connectivity index (χ0) is 13.0. The molecule has 1 aromatic carbocycles. The third-order valence-electron chi connectivity index (χ3n) is 2.76. The standard InChI is InChI=1S/C14H21ClN2/c1-5-8-17(10(2)3)14-7-6-12(11(4)16)9-13(14)15/h5-7,9-11H,1,8,16H2,2-4H3/t11-/m0/s1. The average molecular weight is 253 g/mol. The molecule has 0 aliphatic rings. The van der Waals surface area contributed by atoms with Gasteiger partial charge in [-0.25, -0.2) is 0 Å². The number of nitrogens with zero attached hydrogens (tertiary/aromatic N) is 1. The minimum Gasteiger partial charge on any atom is -0.364 e. The highest BCUT2D eigenvalue weighted by Gasteiger charge is 2.13. The van der Waals surface area contributed by atoms with Crippen molar-refractivity contribution in [2.24, 2.45) is 5.73 Å². The van der Waals surface area contributed by atoms with Crippen LogP contribution in [0.25, 0.3) is 0 Å². The van der Waals surface area contributed by atoms with Gasteiger partial charge in [0, 0.05) is 18.6 Å². The normalized spacial score (nSPS) is 12.6. The summed E-state index contributed by atoms with van der Waals surface area (Å²) in [4.78, 5) is 2.21. The molecular formula is C14H21ClN2. The van der Waals surface area contributed by atoms with Crippen molar-refractivity contribution < 1.29 is 0 Å². The molecule has 0 fully saturated rings. The molecule has 3 heteroatoms. The molecule has 0 bridgehead atoms. The Labute approximate surface area is 109 Å². The van der Waals surface area contributed by atoms with Crippen LogP contribution < -0.4 is 10.6 Å². The van der Waals surface area contributed by atoms with Gasteiger partial charge in [-0.15, -0.1) is 6.58 Å². The van der Waals surface area contributed by atoms with E-state index < -0.39 is 0 Å². The summed E-state index contributed by atoms with van der Waals surface area (Å²) in [5, 5.41) is 0.746. The third kappa shape index (κ3) is 3.48. The molecular weight excluding hydrogens is 232 g/mol. The Kier molecular flexibility index (Phi) is 5.03. The SMILES string of the molecule is C=CCN(c1ccc([C@H](C)N)cc1Cl)C(C)C. The van der Waals surface area contributed by atoms with Crippen molar-refractivity contribution >= 4 is 17.3 Å². The van der Waals surface area contributed by atoms with E-state index in [1.165, 1.54) is 0 Å². The predicted octanol–water partition coefficient (Wildman–Crippen LogP) is 3.76. The van der Waals surface area contributed by atoms with Crippen molar-refractivity contribution in [3.8, 4) is 0 Å². The minimum atomic E-state index is 0.00783. The summed E-state index contributed by atoms with van der Waals surface area (Å²) in [7, 11) is 0. The second kappa shape index (κ2) is 6.08. The Morgan fingerprint density at radius 2 is 2.06 bits per heavy atom. The van der Waals surface area contributed by atoms with Gasteiger partial charge in [-0.2, -0.15) is 0 Å². The molecule has 1 rings (SSSR count). The van der Waals surface area contributed by atoms with E-state index >= 15 is 0 Å². The number of benzene rings is 1. The zero-order valence-electron chi connectivity index (χ0n) is 10.8. The number of halogens is 1. The molecule has 2 N–H and O–H groups in total. The molecule has 0 aromatic heterocycles. The summed E-state index contributed by atoms with van der Waals surface area (Å²) in [6, 6.07) is 6.40. The van der Waals surface area contributed by atoms with Gasteiger partial charge in [0.1, 0.15) is 0 Å². The molecule has 94 valence electrons. The Morgan fingerprint density at radius 1 is 1.41 bits per heavy atom. The average Bonchev–Trinajstić information content (AvgIpc) is 2.26. The van der Waals surface area contributed by atoms with E-state index in [0.717, 1.165) is 22.8 Å². The Balaban J connectivity index is 3.08. The van der Waals surface area contributed by atoms with E-state index in [4.69, 9.17) is 17.3 Å². The molecule has 17 heavy (non-hydrogen) atoms. The fourth-order valence-electron chi connectivity index (χ4n) is 1.77. The summed E-state index contributed by atoms with van der Waals surface area (Å²) in [6.07, 6.45) is 1.88. The van der Waals surface area contributed by atoms with Gasteiger partial charge in [0.05, 0.1) is 10.7 Å². The van der Waals surface area contributed by atoms with Gasteiger partial charge in [0.2, 0.25) is 0 Å². The number of nitrogens with two attached hydrogens (primary N) is 1. The summed E-state index contributed by atoms with van der Waals surface area (Å²) >= 11 is 6.32. The van der Waals surface area contributed by atoms with Crippen LogP contribution >= 0.6 is 11.6 Å². The van der Waals surface area contributed by atoms with Crippen LogP contribution in [0.3, 0.4) is 0 Å². The lowest BCUT2D eigenvalue weighted by atomic mass is 10.1. The van der Waals surface area contributed by atoms with E-state index in [2.05, 4.69) is 25.3 Å². The van der Waals surface area contributed by atoms with Crippen molar-refractivity contribution in [2.45, 2.75) is 32.9 Å². The van der Waals surface area contributed by atoms with Gasteiger partial charge in [0.25, 0.3) is 0 Å². The first-order chi connectivity index (χ1) is 7.97. The highest BCUT2D eigenvalue weighted by Crippen LogP contribution is 2.29. The van der Waals surface area contributed by atoms with Gasteiger partial charge in [0.15, 0.2) is 0 Å². The first-order valence-corrected chi connectivity index (χ1v) is 6.27. The van der Waals surface area contributed by atoms with Crippen LogP contribution in [-0.2, 0) is 0 Å². The molecule has 0 saturated heterocycles. The second-order valence-electron chi connectivity index (χ2n) is 4.53. The van der Waals surface area contributed by atoms with Crippen LogP contribution in [0.4, 0.5) is 5.69 Å². The van der Waals surface area contributed by atoms with Gasteiger partial charge in [-0.1, -0.05) is 23.7 Å². The highest BCUT2D eigenvalue weighted by atomic mass is 35.5. The van der Waals surface area contributed by atoms with E-state index in [0.29, 0.717) is 6.04 Å². The molecule has 1 atom stereocenters. The maximum absolute atomic E-state index is 6.32. The molecule has 0 spiro atoms. The summed E-state index contributed by atoms with van der Waals surface area (Å²) in [6.45, 7) is 10.8. The Morgan fingerprint density at radius 3 is 2.47 bits per heavy atom. The Bertz CT molecular complexity index is 386. The molecule has 2 nitrogen and oxygen atoms in total. The fraction of sp³-hybridized carbons (Fsp3) is 0.429. The van der Waals surface area contributed by atoms with Crippen molar-refractivity contribution in [3.05, 3.63) is 41.4 Å². The van der Waals surface area contributed by atoms with Crippen molar-refractivity contribution in [1.82, 2.24) is 0 Å². The smallest absolute Gasteiger partial charge is 0.0643 e. The largest absolute Gasteiger partial charge is 0.364 e. The topological polar surface area (TPSA) is 29.3 Å². The van der Waals surface area contributed by atoms with Crippen LogP contribution in [0.15, 0.2) is 30.9 Å². The monoisotopic (exact) mass is 252 g/mol. The highest BCUT2D eigenvalue weighted by molar-refractivity contribution is 6.33. The first-order valence-electron chi connectivity index (χ1n) is 5.90. The lowest BCUT2D eigenvalue weighted by Crippen LogP contribution is -2.31. The molecule has 0 aliphatic heterocycles. The van der Waals surface area contributed by atoms with Gasteiger partial charge >= 0.3 is 0 Å². The fourth-order valence-corrected chi connectivity index (χ4v) is 2.06. The minimum absolute atomic E-state index is 0.00783. The maximum atomic E-state index is 6.32. The van der Waals surface area contributed by atoms with E-state index in [1.54, 1.807) is 0 Å². The van der Waals surface area contributed by atoms with E-state index in [9.17, 15) is 0 Å². The van der Waals surface area contributed by atoms with Crippen LogP contribution in [0.5, 0.6) is 0 Å². The lowest BCUT2D eigenvalue weighted by molar-refractivity contribution is 0.722. The van der Waals surface area contributed by atoms with Crippen molar-refractivity contribution in [1.29, 1.82) is 0 Å². The van der Waals surface area contributed by atoms with Gasteiger partial charge < -0.3 is 10.6 Å². The molecule has 0 unspecified atom stereocenters. The number of hydrogen-bond acceptors (Lipinski definition) is 2. The number of hydrogen-bond donors (Lipinski definition) is 1. The van der Waals surface area contributed by atoms with Gasteiger partial charge in [-0.3, -0.25) is 0 Å². The second-order valence-corrected chi connectivity index (χ2v) is 4.94. The van der Waals surface area contributed by atoms with Crippen molar-refractivity contribution in [2.75, 3.05) is 11.4 Å². The van der Waals surface area contributed by atoms with Crippen LogP contribution in [0, 0.1) is 0 Å². The lowest BCUT2D eigenvalue weighted by Gasteiger charge is -2.29. The van der Waals surface area contributed by atoms with Crippen LogP contribution in [-0.4, -0.2) is 12.6 Å². The quantitative estimate of drug-likeness (QED) is 0.809. The molecule has 0 saturated carbocycles. The summed E-state index contributed by atoms with van der Waals surface area (Å²) in [5.41, 5.74) is 7.93. The van der Waals surface area contributed by atoms with Gasteiger partial charge in [-0.05, 0) is 38.5 Å². The molecule has 0 amide bonds. The Hall–Kier alpha value is -0.990. The molecule has 1 aromatic rings. The predicted molar refractivity (Wildman–Crippen MR) is 76.7 cm³/mol. The third-order valence-corrected chi connectivity index (χ3v) is 3.06. The van der Waals surface area contributed by atoms with Crippen LogP contribution in [0.1, 0.15) is 32.4 Å². The van der Waals surface area contributed by atoms with Crippen LogP contribution in [0.2, 0.25) is 5.02 Å². The van der Waals surface area contributed by atoms with E-state index in [-0.39, 0.29) is 6.04 Å². The zero-order valence-corrected chi connectivity index (χ0v) is 11.5. The summed E-state index contributed by atoms with van der Waals surface area (Å²) in [5.74, 6) is 0. The van der Waals surface area contributed by atoms with Crippen molar-refractivity contribution in [3.63, 3.8) is 0 Å². The first kappa shape index (κ1) is 14.1. The maximum Gasteiger partial charge on any atom is 0.0643 e. The number of anilines is 1. The molecule has 0 aliphatic carbocycles. The summed E-state index contributed by atoms with van der Waals surface area (Å²) < 4.78 is 0. The molecule has 0 radical (unpaired) electrons. The number of rotatable bonds is 5.